The zero-order valence-electron chi connectivity index (χ0n) is 12.8. The molecule has 20 heavy (non-hydrogen) atoms. The third kappa shape index (κ3) is 3.72. The number of anilines is 2. The van der Waals surface area contributed by atoms with Gasteiger partial charge in [-0.05, 0) is 52.0 Å². The van der Waals surface area contributed by atoms with Gasteiger partial charge >= 0.3 is 0 Å². The summed E-state index contributed by atoms with van der Waals surface area (Å²) in [5.74, 6) is 1.34. The summed E-state index contributed by atoms with van der Waals surface area (Å²) in [6.45, 7) is 6.92. The molecule has 0 bridgehead atoms. The molecule has 0 radical (unpaired) electrons. The number of nitrogens with one attached hydrogen (secondary N) is 1. The van der Waals surface area contributed by atoms with Crippen molar-refractivity contribution in [1.82, 2.24) is 4.98 Å². The molecule has 112 valence electrons. The van der Waals surface area contributed by atoms with Crippen molar-refractivity contribution in [3.05, 3.63) is 12.1 Å². The molecule has 4 nitrogen and oxygen atoms in total. The topological polar surface area (TPSA) is 60.2 Å². The second-order valence-electron chi connectivity index (χ2n) is 6.40. The van der Waals surface area contributed by atoms with Crippen LogP contribution in [0.5, 0.6) is 5.88 Å². The zero-order chi connectivity index (χ0) is 14.8. The third-order valence-corrected chi connectivity index (χ3v) is 5.00. The van der Waals surface area contributed by atoms with Crippen molar-refractivity contribution in [1.29, 1.82) is 0 Å². The largest absolute Gasteiger partial charge is 0.470 e. The third-order valence-electron chi connectivity index (χ3n) is 3.58. The number of aromatic nitrogens is 1. The SMILES string of the molecule is CSC1(CNc2ccc(N)c(OC(C)(C)C)n2)CCC1. The molecule has 1 fully saturated rings. The van der Waals surface area contributed by atoms with Crippen LogP contribution in [0.3, 0.4) is 0 Å². The Bertz CT molecular complexity index is 461. The average Bonchev–Trinajstić information content (AvgIpc) is 2.30. The van der Waals surface area contributed by atoms with Gasteiger partial charge in [-0.2, -0.15) is 16.7 Å². The molecule has 0 aliphatic heterocycles. The van der Waals surface area contributed by atoms with Crippen molar-refractivity contribution >= 4 is 23.3 Å². The maximum atomic E-state index is 5.92. The molecular weight excluding hydrogens is 270 g/mol. The summed E-state index contributed by atoms with van der Waals surface area (Å²) in [6, 6.07) is 3.76. The first-order valence-corrected chi connectivity index (χ1v) is 8.31. The van der Waals surface area contributed by atoms with Crippen molar-refractivity contribution in [3.63, 3.8) is 0 Å². The molecule has 1 saturated carbocycles. The van der Waals surface area contributed by atoms with E-state index in [0.29, 0.717) is 16.3 Å². The normalized spacial score (nSPS) is 17.4. The highest BCUT2D eigenvalue weighted by Gasteiger charge is 2.35. The van der Waals surface area contributed by atoms with Crippen molar-refractivity contribution in [3.8, 4) is 5.88 Å². The lowest BCUT2D eigenvalue weighted by Crippen LogP contribution is -2.40. The van der Waals surface area contributed by atoms with E-state index in [9.17, 15) is 0 Å². The van der Waals surface area contributed by atoms with Crippen molar-refractivity contribution in [2.75, 3.05) is 23.9 Å². The van der Waals surface area contributed by atoms with Crippen LogP contribution >= 0.6 is 11.8 Å². The second-order valence-corrected chi connectivity index (χ2v) is 7.67. The molecule has 0 saturated heterocycles. The number of rotatable bonds is 5. The predicted octanol–water partition coefficient (Wildman–Crippen LogP) is 3.54. The highest BCUT2D eigenvalue weighted by molar-refractivity contribution is 8.00. The van der Waals surface area contributed by atoms with Gasteiger partial charge in [0.2, 0.25) is 5.88 Å². The van der Waals surface area contributed by atoms with Gasteiger partial charge in [-0.25, -0.2) is 0 Å². The van der Waals surface area contributed by atoms with Gasteiger partial charge in [0.25, 0.3) is 0 Å². The molecule has 1 aliphatic rings. The lowest BCUT2D eigenvalue weighted by molar-refractivity contribution is 0.125. The monoisotopic (exact) mass is 295 g/mol. The maximum Gasteiger partial charge on any atom is 0.239 e. The number of hydrogen-bond donors (Lipinski definition) is 2. The molecule has 0 atom stereocenters. The Morgan fingerprint density at radius 2 is 2.10 bits per heavy atom. The van der Waals surface area contributed by atoms with E-state index < -0.39 is 0 Å². The van der Waals surface area contributed by atoms with Crippen LogP contribution in [0.4, 0.5) is 11.5 Å². The number of hydrogen-bond acceptors (Lipinski definition) is 5. The van der Waals surface area contributed by atoms with Gasteiger partial charge in [0.15, 0.2) is 0 Å². The van der Waals surface area contributed by atoms with Gasteiger partial charge in [-0.15, -0.1) is 0 Å². The Morgan fingerprint density at radius 1 is 1.40 bits per heavy atom. The first-order valence-electron chi connectivity index (χ1n) is 7.08. The fourth-order valence-corrected chi connectivity index (χ4v) is 3.11. The summed E-state index contributed by atoms with van der Waals surface area (Å²) in [6.07, 6.45) is 6.07. The second kappa shape index (κ2) is 5.72. The van der Waals surface area contributed by atoms with Crippen LogP contribution in [-0.2, 0) is 0 Å². The molecular formula is C15H25N3OS. The van der Waals surface area contributed by atoms with Crippen LogP contribution in [0, 0.1) is 0 Å². The van der Waals surface area contributed by atoms with Crippen molar-refractivity contribution in [2.24, 2.45) is 0 Å². The molecule has 1 heterocycles. The van der Waals surface area contributed by atoms with Crippen LogP contribution < -0.4 is 15.8 Å². The van der Waals surface area contributed by atoms with Crippen LogP contribution in [0.25, 0.3) is 0 Å². The lowest BCUT2D eigenvalue weighted by Gasteiger charge is -2.40. The smallest absolute Gasteiger partial charge is 0.239 e. The van der Waals surface area contributed by atoms with Gasteiger partial charge in [-0.3, -0.25) is 0 Å². The number of thioether (sulfide) groups is 1. The first-order chi connectivity index (χ1) is 9.34. The molecule has 0 aromatic carbocycles. The summed E-state index contributed by atoms with van der Waals surface area (Å²) in [4.78, 5) is 4.49. The molecule has 0 spiro atoms. The van der Waals surface area contributed by atoms with E-state index in [1.165, 1.54) is 19.3 Å². The summed E-state index contributed by atoms with van der Waals surface area (Å²) >= 11 is 1.95. The van der Waals surface area contributed by atoms with Gasteiger partial charge in [0, 0.05) is 11.3 Å². The Morgan fingerprint density at radius 3 is 2.60 bits per heavy atom. The number of nitrogen functional groups attached to an aromatic ring is 1. The standard InChI is InChI=1S/C15H25N3OS/c1-14(2,3)19-13-11(16)6-7-12(18-13)17-10-15(20-4)8-5-9-15/h6-7H,5,8-10,16H2,1-4H3,(H,17,18). The predicted molar refractivity (Wildman–Crippen MR) is 87.6 cm³/mol. The molecule has 5 heteroatoms. The van der Waals surface area contributed by atoms with Crippen molar-refractivity contribution in [2.45, 2.75) is 50.4 Å². The van der Waals surface area contributed by atoms with E-state index in [1.54, 1.807) is 0 Å². The minimum absolute atomic E-state index is 0.297. The van der Waals surface area contributed by atoms with Gasteiger partial charge in [0.05, 0.1) is 5.69 Å². The summed E-state index contributed by atoms with van der Waals surface area (Å²) in [7, 11) is 0. The van der Waals surface area contributed by atoms with Gasteiger partial charge < -0.3 is 15.8 Å². The van der Waals surface area contributed by atoms with E-state index in [-0.39, 0.29) is 5.60 Å². The highest BCUT2D eigenvalue weighted by atomic mass is 32.2. The number of nitrogens with zero attached hydrogens (tertiary/aromatic N) is 1. The number of ether oxygens (including phenoxy) is 1. The average molecular weight is 295 g/mol. The van der Waals surface area contributed by atoms with E-state index in [2.05, 4.69) is 16.6 Å². The molecule has 0 amide bonds. The molecule has 3 N–H and O–H groups in total. The summed E-state index contributed by atoms with van der Waals surface area (Å²) < 4.78 is 6.17. The molecule has 1 aliphatic carbocycles. The minimum Gasteiger partial charge on any atom is -0.470 e. The Kier molecular flexibility index (Phi) is 4.37. The zero-order valence-corrected chi connectivity index (χ0v) is 13.6. The van der Waals surface area contributed by atoms with E-state index >= 15 is 0 Å². The minimum atomic E-state index is -0.297. The van der Waals surface area contributed by atoms with Crippen LogP contribution in [0.2, 0.25) is 0 Å². The lowest BCUT2D eigenvalue weighted by atomic mass is 9.84. The molecule has 2 rings (SSSR count). The van der Waals surface area contributed by atoms with Crippen molar-refractivity contribution < 1.29 is 4.74 Å². The van der Waals surface area contributed by atoms with E-state index in [4.69, 9.17) is 10.5 Å². The fourth-order valence-electron chi connectivity index (χ4n) is 2.20. The number of pyridine rings is 1. The van der Waals surface area contributed by atoms with Gasteiger partial charge in [-0.1, -0.05) is 6.42 Å². The van der Waals surface area contributed by atoms with Crippen LogP contribution in [-0.4, -0.2) is 28.1 Å². The Balaban J connectivity index is 2.03. The Labute approximate surface area is 125 Å². The summed E-state index contributed by atoms with van der Waals surface area (Å²) in [5, 5.41) is 3.42. The van der Waals surface area contributed by atoms with Crippen LogP contribution in [0.15, 0.2) is 12.1 Å². The molecule has 0 unspecified atom stereocenters. The van der Waals surface area contributed by atoms with Gasteiger partial charge in [0.1, 0.15) is 11.4 Å². The molecule has 1 aromatic rings. The Hall–Kier alpha value is -1.10. The van der Waals surface area contributed by atoms with E-state index in [1.807, 2.05) is 44.7 Å². The maximum absolute atomic E-state index is 5.92. The molecule has 1 aromatic heterocycles. The quantitative estimate of drug-likeness (QED) is 0.870. The van der Waals surface area contributed by atoms with Crippen LogP contribution in [0.1, 0.15) is 40.0 Å². The van der Waals surface area contributed by atoms with E-state index in [0.717, 1.165) is 12.4 Å². The highest BCUT2D eigenvalue weighted by Crippen LogP contribution is 2.42. The fraction of sp³-hybridized carbons (Fsp3) is 0.667. The summed E-state index contributed by atoms with van der Waals surface area (Å²) in [5.41, 5.74) is 6.20. The number of nitrogens with two attached hydrogens (primary N) is 1. The first kappa shape index (κ1) is 15.3.